The van der Waals surface area contributed by atoms with Crippen molar-refractivity contribution >= 4 is 5.91 Å². The molecule has 1 aromatic rings. The van der Waals surface area contributed by atoms with Gasteiger partial charge in [-0.05, 0) is 12.8 Å². The van der Waals surface area contributed by atoms with Crippen LogP contribution in [0.5, 0.6) is 5.88 Å². The lowest BCUT2D eigenvalue weighted by Gasteiger charge is -2.22. The summed E-state index contributed by atoms with van der Waals surface area (Å²) in [4.78, 5) is 36.9. The first-order valence-corrected chi connectivity index (χ1v) is 6.34. The Morgan fingerprint density at radius 1 is 1.32 bits per heavy atom. The van der Waals surface area contributed by atoms with E-state index >= 15 is 0 Å². The van der Waals surface area contributed by atoms with Crippen LogP contribution < -0.4 is 16.6 Å². The maximum atomic E-state index is 12.0. The summed E-state index contributed by atoms with van der Waals surface area (Å²) in [5, 5.41) is 12.5. The van der Waals surface area contributed by atoms with E-state index in [1.54, 1.807) is 0 Å². The second-order valence-electron chi connectivity index (χ2n) is 4.83. The summed E-state index contributed by atoms with van der Waals surface area (Å²) < 4.78 is 0.831. The van der Waals surface area contributed by atoms with Crippen molar-refractivity contribution in [1.82, 2.24) is 14.9 Å². The van der Waals surface area contributed by atoms with E-state index in [-0.39, 0.29) is 6.04 Å². The molecule has 3 N–H and O–H groups in total. The molecule has 0 spiro atoms. The fourth-order valence-corrected chi connectivity index (χ4v) is 2.32. The van der Waals surface area contributed by atoms with Crippen LogP contribution >= 0.6 is 0 Å². The second-order valence-corrected chi connectivity index (χ2v) is 4.83. The quantitative estimate of drug-likeness (QED) is 0.692. The molecule has 2 rings (SSSR count). The fraction of sp³-hybridized carbons (Fsp3) is 0.583. The number of carbonyl (C=O) groups is 1. The van der Waals surface area contributed by atoms with Gasteiger partial charge in [-0.25, -0.2) is 4.79 Å². The molecule has 1 fully saturated rings. The van der Waals surface area contributed by atoms with E-state index < -0.39 is 28.6 Å². The zero-order valence-electron chi connectivity index (χ0n) is 10.7. The predicted molar refractivity (Wildman–Crippen MR) is 68.3 cm³/mol. The van der Waals surface area contributed by atoms with E-state index in [9.17, 15) is 19.5 Å². The first kappa shape index (κ1) is 13.4. The zero-order valence-corrected chi connectivity index (χ0v) is 10.7. The van der Waals surface area contributed by atoms with Crippen LogP contribution in [0.3, 0.4) is 0 Å². The molecule has 7 nitrogen and oxygen atoms in total. The number of nitrogens with one attached hydrogen (secondary N) is 2. The molecule has 1 aliphatic rings. The molecular formula is C12H17N3O4. The van der Waals surface area contributed by atoms with Gasteiger partial charge in [-0.1, -0.05) is 19.3 Å². The number of carbonyl (C=O) groups excluding carboxylic acids is 1. The van der Waals surface area contributed by atoms with Gasteiger partial charge in [0.05, 0.1) is 0 Å². The van der Waals surface area contributed by atoms with E-state index in [0.717, 1.165) is 36.7 Å². The normalized spacial score (nSPS) is 16.3. The summed E-state index contributed by atoms with van der Waals surface area (Å²) in [6.07, 6.45) is 4.98. The number of rotatable bonds is 2. The van der Waals surface area contributed by atoms with Crippen molar-refractivity contribution in [3.05, 3.63) is 26.4 Å². The Morgan fingerprint density at radius 3 is 2.58 bits per heavy atom. The smallest absolute Gasteiger partial charge is 0.330 e. The van der Waals surface area contributed by atoms with Crippen molar-refractivity contribution in [2.24, 2.45) is 7.05 Å². The van der Waals surface area contributed by atoms with Gasteiger partial charge >= 0.3 is 5.69 Å². The van der Waals surface area contributed by atoms with Gasteiger partial charge in [-0.2, -0.15) is 0 Å². The highest BCUT2D eigenvalue weighted by atomic mass is 16.3. The molecule has 0 atom stereocenters. The third kappa shape index (κ3) is 2.69. The highest BCUT2D eigenvalue weighted by molar-refractivity contribution is 5.96. The number of amides is 1. The third-order valence-electron chi connectivity index (χ3n) is 3.46. The first-order valence-electron chi connectivity index (χ1n) is 6.34. The zero-order chi connectivity index (χ0) is 14.0. The van der Waals surface area contributed by atoms with Gasteiger partial charge in [0, 0.05) is 13.1 Å². The van der Waals surface area contributed by atoms with Crippen LogP contribution in [0.2, 0.25) is 0 Å². The molecule has 1 amide bonds. The summed E-state index contributed by atoms with van der Waals surface area (Å²) in [5.74, 6) is -1.25. The summed E-state index contributed by atoms with van der Waals surface area (Å²) in [6.45, 7) is 0. The van der Waals surface area contributed by atoms with Crippen LogP contribution in [0.15, 0.2) is 9.59 Å². The molecule has 0 aromatic carbocycles. The number of aromatic hydroxyl groups is 1. The highest BCUT2D eigenvalue weighted by Crippen LogP contribution is 2.18. The Bertz CT molecular complexity index is 596. The lowest BCUT2D eigenvalue weighted by molar-refractivity contribution is 0.0921. The highest BCUT2D eigenvalue weighted by Gasteiger charge is 2.23. The summed E-state index contributed by atoms with van der Waals surface area (Å²) in [6, 6.07) is 0.0253. The van der Waals surface area contributed by atoms with Crippen LogP contribution in [0.4, 0.5) is 0 Å². The minimum atomic E-state index is -0.867. The molecule has 7 heteroatoms. The number of nitrogens with zero attached hydrogens (tertiary/aromatic N) is 1. The van der Waals surface area contributed by atoms with Crippen molar-refractivity contribution < 1.29 is 9.90 Å². The standard InChI is InChI=1S/C12H17N3O4/c1-15-11(18)8(10(17)14-12(15)19)9(16)13-7-5-3-2-4-6-7/h7,18H,2-6H2,1H3,(H,13,16)(H,14,17,19). The molecule has 1 heterocycles. The molecule has 1 saturated carbocycles. The number of H-pyrrole nitrogens is 1. The predicted octanol–water partition coefficient (Wildman–Crippen LogP) is -0.158. The number of hydrogen-bond acceptors (Lipinski definition) is 4. The lowest BCUT2D eigenvalue weighted by Crippen LogP contribution is -2.41. The maximum absolute atomic E-state index is 12.0. The molecule has 0 saturated heterocycles. The van der Waals surface area contributed by atoms with Gasteiger partial charge in [0.2, 0.25) is 5.88 Å². The van der Waals surface area contributed by atoms with Crippen molar-refractivity contribution in [2.45, 2.75) is 38.1 Å². The number of aromatic amines is 1. The SMILES string of the molecule is Cn1c(O)c(C(=O)NC2CCCCC2)c(=O)[nH]c1=O. The van der Waals surface area contributed by atoms with Crippen molar-refractivity contribution in [2.75, 3.05) is 0 Å². The average Bonchev–Trinajstić information content (AvgIpc) is 2.37. The van der Waals surface area contributed by atoms with E-state index in [1.165, 1.54) is 7.05 Å². The van der Waals surface area contributed by atoms with Gasteiger partial charge in [0.15, 0.2) is 5.56 Å². The van der Waals surface area contributed by atoms with E-state index in [0.29, 0.717) is 0 Å². The molecule has 1 aromatic heterocycles. The minimum Gasteiger partial charge on any atom is -0.494 e. The molecule has 0 unspecified atom stereocenters. The molecule has 0 radical (unpaired) electrons. The average molecular weight is 267 g/mol. The van der Waals surface area contributed by atoms with E-state index in [2.05, 4.69) is 5.32 Å². The Balaban J connectivity index is 2.26. The minimum absolute atomic E-state index is 0.0253. The van der Waals surface area contributed by atoms with E-state index in [1.807, 2.05) is 4.98 Å². The number of hydrogen-bond donors (Lipinski definition) is 3. The molecule has 1 aliphatic carbocycles. The lowest BCUT2D eigenvalue weighted by atomic mass is 9.95. The summed E-state index contributed by atoms with van der Waals surface area (Å²) >= 11 is 0. The van der Waals surface area contributed by atoms with Crippen molar-refractivity contribution in [3.8, 4) is 5.88 Å². The third-order valence-corrected chi connectivity index (χ3v) is 3.46. The Hall–Kier alpha value is -2.05. The van der Waals surface area contributed by atoms with Crippen LogP contribution in [0.25, 0.3) is 0 Å². The second kappa shape index (κ2) is 5.29. The monoisotopic (exact) mass is 267 g/mol. The van der Waals surface area contributed by atoms with Crippen molar-refractivity contribution in [1.29, 1.82) is 0 Å². The molecule has 0 bridgehead atoms. The van der Waals surface area contributed by atoms with Gasteiger partial charge in [-0.3, -0.25) is 19.1 Å². The maximum Gasteiger partial charge on any atom is 0.330 e. The Kier molecular flexibility index (Phi) is 3.73. The van der Waals surface area contributed by atoms with Crippen LogP contribution in [0, 0.1) is 0 Å². The first-order chi connectivity index (χ1) is 9.00. The topological polar surface area (TPSA) is 104 Å². The van der Waals surface area contributed by atoms with Gasteiger partial charge in [0.25, 0.3) is 11.5 Å². The molecule has 0 aliphatic heterocycles. The largest absolute Gasteiger partial charge is 0.494 e. The van der Waals surface area contributed by atoms with Gasteiger partial charge in [0.1, 0.15) is 0 Å². The Labute approximate surface area is 109 Å². The van der Waals surface area contributed by atoms with Crippen LogP contribution in [-0.4, -0.2) is 26.6 Å². The van der Waals surface area contributed by atoms with Gasteiger partial charge < -0.3 is 10.4 Å². The Morgan fingerprint density at radius 2 is 1.95 bits per heavy atom. The van der Waals surface area contributed by atoms with Crippen LogP contribution in [-0.2, 0) is 7.05 Å². The fourth-order valence-electron chi connectivity index (χ4n) is 2.32. The van der Waals surface area contributed by atoms with E-state index in [4.69, 9.17) is 0 Å². The summed E-state index contributed by atoms with van der Waals surface area (Å²) in [5.41, 5.74) is -2.03. The molecular weight excluding hydrogens is 250 g/mol. The summed E-state index contributed by atoms with van der Waals surface area (Å²) in [7, 11) is 1.28. The van der Waals surface area contributed by atoms with Crippen molar-refractivity contribution in [3.63, 3.8) is 0 Å². The van der Waals surface area contributed by atoms with Gasteiger partial charge in [-0.15, -0.1) is 0 Å². The number of aromatic nitrogens is 2. The molecule has 19 heavy (non-hydrogen) atoms. The molecule has 104 valence electrons. The van der Waals surface area contributed by atoms with Crippen LogP contribution in [0.1, 0.15) is 42.5 Å².